The lowest BCUT2D eigenvalue weighted by Crippen LogP contribution is -2.35. The molecule has 26 heavy (non-hydrogen) atoms. The molecule has 4 nitrogen and oxygen atoms in total. The Hall–Kier alpha value is -1.69. The minimum absolute atomic E-state index is 0.405. The maximum Gasteiger partial charge on any atom is 0.243 e. The van der Waals surface area contributed by atoms with Crippen molar-refractivity contribution in [3.8, 4) is 0 Å². The first-order valence-electron chi connectivity index (χ1n) is 9.36. The van der Waals surface area contributed by atoms with Gasteiger partial charge in [0.15, 0.2) is 0 Å². The van der Waals surface area contributed by atoms with Crippen LogP contribution in [0.15, 0.2) is 53.4 Å². The number of benzene rings is 2. The van der Waals surface area contributed by atoms with Gasteiger partial charge in [0.05, 0.1) is 4.90 Å². The Morgan fingerprint density at radius 1 is 0.923 bits per heavy atom. The van der Waals surface area contributed by atoms with Crippen LogP contribution in [0.5, 0.6) is 0 Å². The van der Waals surface area contributed by atoms with Crippen LogP contribution in [0.4, 0.5) is 0 Å². The molecule has 2 aromatic carbocycles. The first-order chi connectivity index (χ1) is 12.5. The Kier molecular flexibility index (Phi) is 6.12. The number of hydrogen-bond donors (Lipinski definition) is 0. The van der Waals surface area contributed by atoms with E-state index < -0.39 is 10.0 Å². The van der Waals surface area contributed by atoms with Crippen LogP contribution in [0.1, 0.15) is 30.0 Å². The fraction of sp³-hybridized carbons (Fsp3) is 0.429. The van der Waals surface area contributed by atoms with Crippen molar-refractivity contribution in [2.45, 2.75) is 38.1 Å². The summed E-state index contributed by atoms with van der Waals surface area (Å²) in [6, 6.07) is 15.7. The van der Waals surface area contributed by atoms with Gasteiger partial charge in [-0.25, -0.2) is 8.42 Å². The Morgan fingerprint density at radius 3 is 2.35 bits per heavy atom. The molecule has 1 aliphatic heterocycles. The standard InChI is InChI=1S/C21H28N2O2S/c1-3-19-9-11-21(12-10-19)26(24,25)23-14-6-13-22(15-16-23)17-20-8-5-4-7-18(20)2/h4-5,7-12H,3,6,13-17H2,1-2H3. The van der Waals surface area contributed by atoms with Crippen LogP contribution in [0.3, 0.4) is 0 Å². The Morgan fingerprint density at radius 2 is 1.65 bits per heavy atom. The molecule has 0 amide bonds. The van der Waals surface area contributed by atoms with Crippen molar-refractivity contribution in [2.75, 3.05) is 26.2 Å². The highest BCUT2D eigenvalue weighted by Crippen LogP contribution is 2.20. The number of nitrogens with zero attached hydrogens (tertiary/aromatic N) is 2. The first-order valence-corrected chi connectivity index (χ1v) is 10.8. The molecule has 5 heteroatoms. The zero-order valence-corrected chi connectivity index (χ0v) is 16.5. The van der Waals surface area contributed by atoms with Gasteiger partial charge in [0, 0.05) is 26.2 Å². The van der Waals surface area contributed by atoms with Crippen molar-refractivity contribution >= 4 is 10.0 Å². The van der Waals surface area contributed by atoms with Crippen LogP contribution in [0, 0.1) is 6.92 Å². The monoisotopic (exact) mass is 372 g/mol. The van der Waals surface area contributed by atoms with Gasteiger partial charge in [-0.15, -0.1) is 0 Å². The maximum absolute atomic E-state index is 13.0. The van der Waals surface area contributed by atoms with E-state index in [0.29, 0.717) is 18.0 Å². The Labute approximate surface area is 157 Å². The van der Waals surface area contributed by atoms with Crippen molar-refractivity contribution in [1.29, 1.82) is 0 Å². The number of hydrogen-bond acceptors (Lipinski definition) is 3. The van der Waals surface area contributed by atoms with E-state index in [9.17, 15) is 8.42 Å². The van der Waals surface area contributed by atoms with E-state index in [1.165, 1.54) is 11.1 Å². The van der Waals surface area contributed by atoms with Crippen LogP contribution in [0.25, 0.3) is 0 Å². The Balaban J connectivity index is 1.68. The molecular weight excluding hydrogens is 344 g/mol. The normalized spacial score (nSPS) is 17.2. The third kappa shape index (κ3) is 4.34. The second-order valence-corrected chi connectivity index (χ2v) is 8.90. The van der Waals surface area contributed by atoms with Gasteiger partial charge in [0.1, 0.15) is 0 Å². The lowest BCUT2D eigenvalue weighted by Gasteiger charge is -2.22. The molecule has 140 valence electrons. The summed E-state index contributed by atoms with van der Waals surface area (Å²) in [5.41, 5.74) is 3.76. The molecule has 0 spiro atoms. The summed E-state index contributed by atoms with van der Waals surface area (Å²) in [5.74, 6) is 0. The summed E-state index contributed by atoms with van der Waals surface area (Å²) in [6.07, 6.45) is 1.77. The zero-order valence-electron chi connectivity index (χ0n) is 15.7. The van der Waals surface area contributed by atoms with Gasteiger partial charge in [-0.1, -0.05) is 43.3 Å². The predicted molar refractivity (Wildman–Crippen MR) is 106 cm³/mol. The smallest absolute Gasteiger partial charge is 0.243 e. The average molecular weight is 373 g/mol. The van der Waals surface area contributed by atoms with Crippen LogP contribution < -0.4 is 0 Å². The minimum Gasteiger partial charge on any atom is -0.298 e. The van der Waals surface area contributed by atoms with E-state index in [4.69, 9.17) is 0 Å². The largest absolute Gasteiger partial charge is 0.298 e. The topological polar surface area (TPSA) is 40.6 Å². The predicted octanol–water partition coefficient (Wildman–Crippen LogP) is 3.45. The molecule has 0 saturated carbocycles. The molecule has 0 radical (unpaired) electrons. The molecule has 0 N–H and O–H groups in total. The van der Waals surface area contributed by atoms with Crippen molar-refractivity contribution in [3.05, 3.63) is 65.2 Å². The van der Waals surface area contributed by atoms with E-state index in [-0.39, 0.29) is 0 Å². The highest BCUT2D eigenvalue weighted by Gasteiger charge is 2.26. The minimum atomic E-state index is -3.41. The number of sulfonamides is 1. The van der Waals surface area contributed by atoms with Gasteiger partial charge in [-0.2, -0.15) is 4.31 Å². The molecule has 1 aliphatic rings. The summed E-state index contributed by atoms with van der Waals surface area (Å²) in [6.45, 7) is 7.90. The molecule has 1 heterocycles. The number of aryl methyl sites for hydroxylation is 2. The molecule has 3 rings (SSSR count). The lowest BCUT2D eigenvalue weighted by molar-refractivity contribution is 0.278. The fourth-order valence-electron chi connectivity index (χ4n) is 3.42. The van der Waals surface area contributed by atoms with Crippen molar-refractivity contribution < 1.29 is 8.42 Å². The highest BCUT2D eigenvalue weighted by molar-refractivity contribution is 7.89. The van der Waals surface area contributed by atoms with Gasteiger partial charge in [-0.3, -0.25) is 4.90 Å². The zero-order chi connectivity index (χ0) is 18.6. The van der Waals surface area contributed by atoms with Gasteiger partial charge < -0.3 is 0 Å². The SMILES string of the molecule is CCc1ccc(S(=O)(=O)N2CCCN(Cc3ccccc3C)CC2)cc1. The van der Waals surface area contributed by atoms with Crippen molar-refractivity contribution in [1.82, 2.24) is 9.21 Å². The van der Waals surface area contributed by atoms with Crippen LogP contribution in [-0.4, -0.2) is 43.8 Å². The third-order valence-electron chi connectivity index (χ3n) is 5.17. The van der Waals surface area contributed by atoms with E-state index >= 15 is 0 Å². The quantitative estimate of drug-likeness (QED) is 0.807. The molecular formula is C21H28N2O2S. The van der Waals surface area contributed by atoms with Gasteiger partial charge in [0.25, 0.3) is 0 Å². The molecule has 0 unspecified atom stereocenters. The van der Waals surface area contributed by atoms with E-state index in [2.05, 4.69) is 43.0 Å². The molecule has 0 aliphatic carbocycles. The highest BCUT2D eigenvalue weighted by atomic mass is 32.2. The molecule has 0 aromatic heterocycles. The fourth-order valence-corrected chi connectivity index (χ4v) is 4.89. The summed E-state index contributed by atoms with van der Waals surface area (Å²) in [5, 5.41) is 0. The van der Waals surface area contributed by atoms with Crippen LogP contribution >= 0.6 is 0 Å². The molecule has 0 bridgehead atoms. The second-order valence-electron chi connectivity index (χ2n) is 6.96. The summed E-state index contributed by atoms with van der Waals surface area (Å²) in [4.78, 5) is 2.76. The summed E-state index contributed by atoms with van der Waals surface area (Å²) >= 11 is 0. The first kappa shape index (κ1) is 19.1. The van der Waals surface area contributed by atoms with Crippen molar-refractivity contribution in [3.63, 3.8) is 0 Å². The van der Waals surface area contributed by atoms with E-state index in [1.807, 2.05) is 12.1 Å². The van der Waals surface area contributed by atoms with Crippen LogP contribution in [-0.2, 0) is 23.0 Å². The van der Waals surface area contributed by atoms with Gasteiger partial charge in [0.2, 0.25) is 10.0 Å². The number of rotatable bonds is 5. The van der Waals surface area contributed by atoms with Crippen LogP contribution in [0.2, 0.25) is 0 Å². The van der Waals surface area contributed by atoms with Gasteiger partial charge in [-0.05, 0) is 55.1 Å². The molecule has 1 fully saturated rings. The maximum atomic E-state index is 13.0. The van der Waals surface area contributed by atoms with Gasteiger partial charge >= 0.3 is 0 Å². The molecule has 0 atom stereocenters. The van der Waals surface area contributed by atoms with Crippen molar-refractivity contribution in [2.24, 2.45) is 0 Å². The second kappa shape index (κ2) is 8.33. The molecule has 2 aromatic rings. The lowest BCUT2D eigenvalue weighted by atomic mass is 10.1. The molecule has 1 saturated heterocycles. The summed E-state index contributed by atoms with van der Waals surface area (Å²) in [7, 11) is -3.41. The average Bonchev–Trinajstić information content (AvgIpc) is 2.90. The summed E-state index contributed by atoms with van der Waals surface area (Å²) < 4.78 is 27.6. The van der Waals surface area contributed by atoms with E-state index in [1.54, 1.807) is 16.4 Å². The van der Waals surface area contributed by atoms with E-state index in [0.717, 1.165) is 38.0 Å². The third-order valence-corrected chi connectivity index (χ3v) is 7.08. The Bertz CT molecular complexity index is 831.